The first kappa shape index (κ1) is 110. The summed E-state index contributed by atoms with van der Waals surface area (Å²) in [5.74, 6) is 1.04. The molecule has 0 aliphatic carbocycles. The summed E-state index contributed by atoms with van der Waals surface area (Å²) < 4.78 is 24.7. The number of anilines is 8. The van der Waals surface area contributed by atoms with Gasteiger partial charge in [-0.1, -0.05) is 122 Å². The van der Waals surface area contributed by atoms with Crippen molar-refractivity contribution in [2.45, 2.75) is 141 Å². The highest BCUT2D eigenvalue weighted by atomic mass is 32.2. The summed E-state index contributed by atoms with van der Waals surface area (Å²) in [6.45, 7) is 31.7. The number of pyridine rings is 2. The van der Waals surface area contributed by atoms with Gasteiger partial charge in [-0.15, -0.1) is 0 Å². The SMILES string of the molecule is CC1CN(C(=S)N/C=C2/CCCNc3ccccc32)CCN1.CS(=O)(=O)N1CCN(C(=S)N/C=C2/CCCNc3ccccc32)CC1.C[C@@H]1CN(C(=S)N/C=C2/CCCNc3ccccc32)C[C@H](C)N1.S=C(N/C=C1/CCCNc2ccccc21)N1CCN(c2ccccn2)CC1.S=C(N/C=C1/CCCNc2ccccc21)N1CCN(c2ccncc2)CC1.S=C(N/C=C1/CCCNc2ccccc21)N1CCN2CCCCC2C1. The van der Waals surface area contributed by atoms with Gasteiger partial charge in [-0.2, -0.15) is 4.31 Å². The number of hydrogen-bond donors (Lipinski definition) is 14. The second-order valence-corrected chi connectivity index (χ2v) is 44.3. The van der Waals surface area contributed by atoms with Gasteiger partial charge in [0.05, 0.1) is 6.26 Å². The number of hydrogen-bond acceptors (Lipinski definition) is 21. The third kappa shape index (κ3) is 32.2. The normalized spacial score (nSPS) is 21.9. The lowest BCUT2D eigenvalue weighted by Gasteiger charge is -2.44. The maximum absolute atomic E-state index is 11.6. The molecule has 0 bridgehead atoms. The van der Waals surface area contributed by atoms with Gasteiger partial charge in [0, 0.05) is 323 Å². The van der Waals surface area contributed by atoms with Crippen molar-refractivity contribution in [2.24, 2.45) is 0 Å². The summed E-state index contributed by atoms with van der Waals surface area (Å²) in [5.41, 5.74) is 23.9. The minimum absolute atomic E-state index is 0.467. The van der Waals surface area contributed by atoms with E-state index in [4.69, 9.17) is 73.3 Å². The second kappa shape index (κ2) is 56.5. The van der Waals surface area contributed by atoms with Crippen LogP contribution in [0.25, 0.3) is 33.4 Å². The van der Waals surface area contributed by atoms with E-state index >= 15 is 0 Å². The molecule has 792 valence electrons. The van der Waals surface area contributed by atoms with Crippen molar-refractivity contribution in [1.29, 1.82) is 0 Å². The molecule has 35 heteroatoms. The molecule has 13 aliphatic rings. The van der Waals surface area contributed by atoms with Crippen LogP contribution >= 0.6 is 73.3 Å². The molecule has 0 saturated carbocycles. The number of nitrogens with zero attached hydrogens (tertiary/aromatic N) is 12. The van der Waals surface area contributed by atoms with Crippen LogP contribution in [0.4, 0.5) is 45.6 Å². The Labute approximate surface area is 916 Å². The summed E-state index contributed by atoms with van der Waals surface area (Å²) in [5, 5.41) is 52.9. The minimum atomic E-state index is -3.12. The molecule has 14 N–H and O–H groups in total. The minimum Gasteiger partial charge on any atom is -0.385 e. The maximum Gasteiger partial charge on any atom is 0.211 e. The molecule has 21 rings (SSSR count). The van der Waals surface area contributed by atoms with Crippen LogP contribution in [0.1, 0.15) is 150 Å². The summed E-state index contributed by atoms with van der Waals surface area (Å²) in [6, 6.07) is 63.1. The maximum atomic E-state index is 11.6. The van der Waals surface area contributed by atoms with Crippen molar-refractivity contribution in [1.82, 2.24) is 91.1 Å². The number of rotatable bonds is 9. The van der Waals surface area contributed by atoms with E-state index in [1.165, 1.54) is 137 Å². The smallest absolute Gasteiger partial charge is 0.211 e. The third-order valence-corrected chi connectivity index (χ3v) is 32.8. The Morgan fingerprint density at radius 1 is 0.315 bits per heavy atom. The van der Waals surface area contributed by atoms with Crippen molar-refractivity contribution >= 4 is 193 Å². The molecule has 149 heavy (non-hydrogen) atoms. The number of fused-ring (bicyclic) bond motifs is 7. The molecule has 15 heterocycles. The summed E-state index contributed by atoms with van der Waals surface area (Å²) in [7, 11) is -3.12. The van der Waals surface area contributed by atoms with Crippen LogP contribution in [0.5, 0.6) is 0 Å². The Hall–Kier alpha value is -11.6. The summed E-state index contributed by atoms with van der Waals surface area (Å²) >= 11 is 33.7. The average Bonchev–Trinajstić information content (AvgIpc) is 1.82. The molecule has 7 saturated heterocycles. The number of piperidine rings is 1. The Bertz CT molecular complexity index is 5950. The zero-order chi connectivity index (χ0) is 103. The predicted octanol–water partition coefficient (Wildman–Crippen LogP) is 16.8. The highest BCUT2D eigenvalue weighted by Crippen LogP contribution is 2.37. The number of allylic oxidation sites excluding steroid dienone is 6. The summed E-state index contributed by atoms with van der Waals surface area (Å²) in [4.78, 5) is 29.3. The zero-order valence-corrected chi connectivity index (χ0v) is 92.7. The standard InChI is InChI=1S/2C21H25N5S.C20H28N4S.C18H26N4S.C17H24N4O2S2.C17H24N4S/c27-21(26-14-12-25(13-15-26)20-9-3-4-10-23-20)24-16-17-6-5-11-22-19-8-2-1-7-18(17)19;27-21(26-14-12-25(13-15-26)18-7-10-22-11-8-18)24-16-17-4-3-9-23-20-6-2-1-5-19(17)20;25-20(24-13-12-23-11-4-3-7-17(23)15-24)22-14-16-6-5-10-21-19-9-2-1-8-18(16)19;1-13-11-22(12-14(2)21-13)18(23)20-10-15-6-5-9-19-17-8-4-3-7-16(15)17;1-25(22,23)21-11-9-20(10-12-21)17(24)19-13-14-5-4-8-18-16-7-3-2-6-15(14)16;1-13-12-21(10-9-18-13)17(22)20-11-14-5-4-8-19-16-7-3-2-6-15(14)16/h1-4,7-10,16,22H,5-6,11-15H2,(H,24,27);1-2,5-8,10-11,16,23H,3-4,9,12-15H2,(H,24,27);1-2,8-9,14,17,21H,3-7,10-13,15H2,(H,22,25);3-4,7-8,10,13-14,19,21H,5-6,9,11-12H2,1-2H3,(H,20,23);2-3,6-7,13,18H,4-5,8-12H2,1H3,(H,19,24);2-3,6-7,11,13,18-19H,4-5,8-10,12H2,1H3,(H,20,22)/b2*17-16-;16-14-;15-10-;14-13-;14-11-/t;;;13-,14+;;. The van der Waals surface area contributed by atoms with Gasteiger partial charge in [0.1, 0.15) is 5.82 Å². The fourth-order valence-corrected chi connectivity index (χ4v) is 23.4. The van der Waals surface area contributed by atoms with E-state index in [9.17, 15) is 8.42 Å². The highest BCUT2D eigenvalue weighted by molar-refractivity contribution is 7.88. The summed E-state index contributed by atoms with van der Waals surface area (Å²) in [6.07, 6.45) is 36.4. The topological polar surface area (TPSA) is 261 Å². The third-order valence-electron chi connectivity index (χ3n) is 29.2. The van der Waals surface area contributed by atoms with E-state index in [-0.39, 0.29) is 0 Å². The molecule has 8 aromatic rings. The van der Waals surface area contributed by atoms with E-state index in [0.29, 0.717) is 55.5 Å². The van der Waals surface area contributed by atoms with E-state index in [1.807, 2.05) is 54.0 Å². The molecule has 4 atom stereocenters. The van der Waals surface area contributed by atoms with Gasteiger partial charge in [0.2, 0.25) is 10.0 Å². The number of sulfonamides is 1. The first-order valence-corrected chi connectivity index (χ1v) is 58.0. The van der Waals surface area contributed by atoms with E-state index in [2.05, 4.69) is 327 Å². The number of piperazine rings is 6. The molecule has 2 aromatic heterocycles. The van der Waals surface area contributed by atoms with Gasteiger partial charge in [0.25, 0.3) is 0 Å². The van der Waals surface area contributed by atoms with Crippen LogP contribution in [0.2, 0.25) is 0 Å². The van der Waals surface area contributed by atoms with E-state index in [0.717, 1.165) is 258 Å². The zero-order valence-electron chi connectivity index (χ0n) is 87.0. The van der Waals surface area contributed by atoms with E-state index in [1.54, 1.807) is 0 Å². The van der Waals surface area contributed by atoms with Gasteiger partial charge in [-0.3, -0.25) is 9.88 Å². The average molecular weight is 2140 g/mol. The predicted molar refractivity (Wildman–Crippen MR) is 645 cm³/mol. The Balaban J connectivity index is 0.000000128. The molecule has 0 amide bonds. The molecule has 7 fully saturated rings. The second-order valence-electron chi connectivity index (χ2n) is 40.0. The van der Waals surface area contributed by atoms with Gasteiger partial charge in [-0.25, -0.2) is 13.4 Å². The van der Waals surface area contributed by atoms with Crippen LogP contribution in [0, 0.1) is 0 Å². The van der Waals surface area contributed by atoms with Crippen molar-refractivity contribution in [3.63, 3.8) is 0 Å². The Kier molecular flexibility index (Phi) is 41.7. The Morgan fingerprint density at radius 3 is 0.980 bits per heavy atom. The fourth-order valence-electron chi connectivity index (χ4n) is 21.2. The highest BCUT2D eigenvalue weighted by Gasteiger charge is 2.33. The number of thiocarbonyl (C=S) groups is 6. The van der Waals surface area contributed by atoms with E-state index < -0.39 is 10.0 Å². The molecular formula is C114H152N26O2S7. The van der Waals surface area contributed by atoms with Gasteiger partial charge in [-0.05, 0) is 285 Å². The molecule has 0 spiro atoms. The monoisotopic (exact) mass is 2140 g/mol. The van der Waals surface area contributed by atoms with Gasteiger partial charge >= 0.3 is 0 Å². The van der Waals surface area contributed by atoms with Crippen LogP contribution in [-0.4, -0.2) is 295 Å². The molecule has 28 nitrogen and oxygen atoms in total. The van der Waals surface area contributed by atoms with Gasteiger partial charge in [0.15, 0.2) is 30.7 Å². The lowest BCUT2D eigenvalue weighted by Crippen LogP contribution is -2.57. The first-order valence-electron chi connectivity index (χ1n) is 53.7. The molecule has 0 radical (unpaired) electrons. The number of nitrogens with one attached hydrogen (secondary N) is 14. The van der Waals surface area contributed by atoms with Crippen molar-refractivity contribution in [3.8, 4) is 0 Å². The van der Waals surface area contributed by atoms with Crippen molar-refractivity contribution in [2.75, 3.05) is 225 Å². The van der Waals surface area contributed by atoms with Crippen LogP contribution in [0.3, 0.4) is 0 Å². The molecule has 13 aliphatic heterocycles. The number of benzene rings is 6. The lowest BCUT2D eigenvalue weighted by molar-refractivity contribution is 0.0802. The largest absolute Gasteiger partial charge is 0.385 e. The quantitative estimate of drug-likeness (QED) is 0.0599. The van der Waals surface area contributed by atoms with Crippen LogP contribution < -0.4 is 84.2 Å². The molecular weight excluding hydrogens is 1990 g/mol. The lowest BCUT2D eigenvalue weighted by atomic mass is 10.00. The molecule has 6 aromatic carbocycles. The first-order chi connectivity index (χ1) is 72.7. The van der Waals surface area contributed by atoms with Crippen molar-refractivity contribution in [3.05, 3.63) is 265 Å². The van der Waals surface area contributed by atoms with Crippen LogP contribution in [-0.2, 0) is 10.0 Å². The Morgan fingerprint density at radius 2 is 0.631 bits per heavy atom. The van der Waals surface area contributed by atoms with Gasteiger partial charge < -0.3 is 114 Å². The number of para-hydroxylation sites is 6. The van der Waals surface area contributed by atoms with Crippen molar-refractivity contribution < 1.29 is 8.42 Å². The van der Waals surface area contributed by atoms with Crippen LogP contribution in [0.15, 0.2) is 232 Å². The number of aromatic nitrogens is 2. The fraction of sp³-hybridized carbons (Fsp3) is 0.439. The molecule has 2 unspecified atom stereocenters.